The van der Waals surface area contributed by atoms with Crippen molar-refractivity contribution in [2.75, 3.05) is 20.1 Å². The third-order valence-electron chi connectivity index (χ3n) is 3.65. The first-order valence-corrected chi connectivity index (χ1v) is 6.48. The molecule has 2 rings (SSSR count). The van der Waals surface area contributed by atoms with E-state index in [-0.39, 0.29) is 29.0 Å². The lowest BCUT2D eigenvalue weighted by Gasteiger charge is -2.35. The maximum atomic E-state index is 12.1. The zero-order valence-corrected chi connectivity index (χ0v) is 11.3. The van der Waals surface area contributed by atoms with Crippen LogP contribution in [-0.2, 0) is 0 Å². The molecule has 0 bridgehead atoms. The van der Waals surface area contributed by atoms with E-state index in [2.05, 4.69) is 24.2 Å². The quantitative estimate of drug-likeness (QED) is 0.749. The standard InChI is InChI=1S/C14H20N2O3/c1-9-8-16(2)6-5-12(9)15-14(19)11-4-3-10(17)7-13(11)18/h3-4,7,9,12,17-18H,5-6,8H2,1-2H3,(H,15,19). The normalized spacial score (nSPS) is 24.1. The van der Waals surface area contributed by atoms with Crippen molar-refractivity contribution in [2.45, 2.75) is 19.4 Å². The van der Waals surface area contributed by atoms with Gasteiger partial charge in [0.05, 0.1) is 5.56 Å². The number of nitrogens with zero attached hydrogens (tertiary/aromatic N) is 1. The van der Waals surface area contributed by atoms with Crippen LogP contribution in [0.4, 0.5) is 0 Å². The number of phenolic OH excluding ortho intramolecular Hbond substituents is 2. The number of nitrogens with one attached hydrogen (secondary N) is 1. The monoisotopic (exact) mass is 264 g/mol. The highest BCUT2D eigenvalue weighted by atomic mass is 16.3. The van der Waals surface area contributed by atoms with E-state index in [1.54, 1.807) is 0 Å². The van der Waals surface area contributed by atoms with Crippen LogP contribution in [0.15, 0.2) is 18.2 Å². The van der Waals surface area contributed by atoms with Crippen LogP contribution < -0.4 is 5.32 Å². The molecule has 104 valence electrons. The fourth-order valence-electron chi connectivity index (χ4n) is 2.53. The van der Waals surface area contributed by atoms with Crippen LogP contribution in [0.1, 0.15) is 23.7 Å². The largest absolute Gasteiger partial charge is 0.508 e. The molecule has 5 heteroatoms. The third kappa shape index (κ3) is 3.17. The van der Waals surface area contributed by atoms with Crippen molar-refractivity contribution in [1.82, 2.24) is 10.2 Å². The molecule has 1 saturated heterocycles. The van der Waals surface area contributed by atoms with Gasteiger partial charge in [-0.3, -0.25) is 4.79 Å². The SMILES string of the molecule is CC1CN(C)CCC1NC(=O)c1ccc(O)cc1O. The Balaban J connectivity index is 2.04. The highest BCUT2D eigenvalue weighted by Gasteiger charge is 2.26. The molecule has 2 atom stereocenters. The molecule has 1 amide bonds. The number of carbonyl (C=O) groups excluding carboxylic acids is 1. The first kappa shape index (κ1) is 13.7. The van der Waals surface area contributed by atoms with Gasteiger partial charge in [0.25, 0.3) is 5.91 Å². The van der Waals surface area contributed by atoms with Gasteiger partial charge in [0, 0.05) is 18.7 Å². The van der Waals surface area contributed by atoms with E-state index in [0.29, 0.717) is 5.92 Å². The Kier molecular flexibility index (Phi) is 3.95. The Morgan fingerprint density at radius 3 is 2.79 bits per heavy atom. The molecule has 0 aliphatic carbocycles. The predicted molar refractivity (Wildman–Crippen MR) is 72.3 cm³/mol. The molecule has 1 aliphatic rings. The van der Waals surface area contributed by atoms with Gasteiger partial charge in [0.2, 0.25) is 0 Å². The highest BCUT2D eigenvalue weighted by Crippen LogP contribution is 2.23. The number of hydrogen-bond donors (Lipinski definition) is 3. The predicted octanol–water partition coefficient (Wildman–Crippen LogP) is 1.17. The molecule has 1 aromatic rings. The molecular formula is C14H20N2O3. The summed E-state index contributed by atoms with van der Waals surface area (Å²) in [5, 5.41) is 21.8. The lowest BCUT2D eigenvalue weighted by Crippen LogP contribution is -2.48. The Bertz CT molecular complexity index is 476. The lowest BCUT2D eigenvalue weighted by molar-refractivity contribution is 0.0881. The van der Waals surface area contributed by atoms with Crippen LogP contribution in [-0.4, -0.2) is 47.2 Å². The van der Waals surface area contributed by atoms with Gasteiger partial charge in [-0.15, -0.1) is 0 Å². The Morgan fingerprint density at radius 1 is 1.42 bits per heavy atom. The van der Waals surface area contributed by atoms with Crippen molar-refractivity contribution in [3.8, 4) is 11.5 Å². The minimum Gasteiger partial charge on any atom is -0.508 e. The maximum Gasteiger partial charge on any atom is 0.255 e. The number of hydrogen-bond acceptors (Lipinski definition) is 4. The molecule has 3 N–H and O–H groups in total. The molecule has 5 nitrogen and oxygen atoms in total. The summed E-state index contributed by atoms with van der Waals surface area (Å²) in [7, 11) is 2.07. The molecule has 1 fully saturated rings. The van der Waals surface area contributed by atoms with Gasteiger partial charge in [-0.2, -0.15) is 0 Å². The molecule has 1 heterocycles. The lowest BCUT2D eigenvalue weighted by atomic mass is 9.94. The molecule has 0 aromatic heterocycles. The van der Waals surface area contributed by atoms with Gasteiger partial charge in [0.1, 0.15) is 11.5 Å². The summed E-state index contributed by atoms with van der Waals surface area (Å²) < 4.78 is 0. The van der Waals surface area contributed by atoms with Crippen molar-refractivity contribution in [3.05, 3.63) is 23.8 Å². The highest BCUT2D eigenvalue weighted by molar-refractivity contribution is 5.97. The smallest absolute Gasteiger partial charge is 0.255 e. The van der Waals surface area contributed by atoms with Crippen molar-refractivity contribution >= 4 is 5.91 Å². The van der Waals surface area contributed by atoms with Gasteiger partial charge >= 0.3 is 0 Å². The summed E-state index contributed by atoms with van der Waals surface area (Å²) in [5.41, 5.74) is 0.198. The second-order valence-corrected chi connectivity index (χ2v) is 5.31. The topological polar surface area (TPSA) is 72.8 Å². The van der Waals surface area contributed by atoms with Gasteiger partial charge in [-0.25, -0.2) is 0 Å². The molecule has 19 heavy (non-hydrogen) atoms. The fourth-order valence-corrected chi connectivity index (χ4v) is 2.53. The number of phenols is 2. The van der Waals surface area contributed by atoms with E-state index in [0.717, 1.165) is 19.5 Å². The van der Waals surface area contributed by atoms with Crippen molar-refractivity contribution < 1.29 is 15.0 Å². The van der Waals surface area contributed by atoms with E-state index >= 15 is 0 Å². The van der Waals surface area contributed by atoms with Crippen molar-refractivity contribution in [2.24, 2.45) is 5.92 Å². The van der Waals surface area contributed by atoms with Crippen LogP contribution in [0.5, 0.6) is 11.5 Å². The number of piperidine rings is 1. The van der Waals surface area contributed by atoms with Gasteiger partial charge in [0.15, 0.2) is 0 Å². The van der Waals surface area contributed by atoms with Crippen molar-refractivity contribution in [1.29, 1.82) is 0 Å². The first-order valence-electron chi connectivity index (χ1n) is 6.48. The summed E-state index contributed by atoms with van der Waals surface area (Å²) >= 11 is 0. The molecule has 1 aromatic carbocycles. The van der Waals surface area contributed by atoms with Crippen LogP contribution in [0.2, 0.25) is 0 Å². The molecule has 0 radical (unpaired) electrons. The van der Waals surface area contributed by atoms with Crippen molar-refractivity contribution in [3.63, 3.8) is 0 Å². The van der Waals surface area contributed by atoms with E-state index in [1.165, 1.54) is 18.2 Å². The van der Waals surface area contributed by atoms with E-state index in [4.69, 9.17) is 0 Å². The minimum atomic E-state index is -0.293. The molecule has 2 unspecified atom stereocenters. The van der Waals surface area contributed by atoms with Gasteiger partial charge in [-0.1, -0.05) is 6.92 Å². The molecular weight excluding hydrogens is 244 g/mol. The number of benzene rings is 1. The van der Waals surface area contributed by atoms with E-state index < -0.39 is 0 Å². The summed E-state index contributed by atoms with van der Waals surface area (Å²) in [4.78, 5) is 14.3. The second kappa shape index (κ2) is 5.48. The molecule has 0 spiro atoms. The summed E-state index contributed by atoms with van der Waals surface area (Å²) in [6.45, 7) is 4.01. The van der Waals surface area contributed by atoms with Crippen LogP contribution in [0.3, 0.4) is 0 Å². The number of aromatic hydroxyl groups is 2. The minimum absolute atomic E-state index is 0.0540. The van der Waals surface area contributed by atoms with E-state index in [9.17, 15) is 15.0 Å². The fraction of sp³-hybridized carbons (Fsp3) is 0.500. The molecule has 1 aliphatic heterocycles. The summed E-state index contributed by atoms with van der Waals surface area (Å²) in [5.74, 6) is -0.166. The number of likely N-dealkylation sites (tertiary alicyclic amines) is 1. The molecule has 0 saturated carbocycles. The van der Waals surface area contributed by atoms with E-state index in [1.807, 2.05) is 0 Å². The summed E-state index contributed by atoms with van der Waals surface area (Å²) in [6.07, 6.45) is 0.905. The van der Waals surface area contributed by atoms with Crippen LogP contribution in [0, 0.1) is 5.92 Å². The second-order valence-electron chi connectivity index (χ2n) is 5.31. The average molecular weight is 264 g/mol. The Morgan fingerprint density at radius 2 is 2.16 bits per heavy atom. The average Bonchev–Trinajstić information content (AvgIpc) is 2.32. The van der Waals surface area contributed by atoms with Crippen LogP contribution >= 0.6 is 0 Å². The Labute approximate surface area is 112 Å². The zero-order chi connectivity index (χ0) is 14.0. The summed E-state index contributed by atoms with van der Waals surface area (Å²) in [6, 6.07) is 4.12. The van der Waals surface area contributed by atoms with Gasteiger partial charge in [-0.05, 0) is 38.1 Å². The number of carbonyl (C=O) groups is 1. The van der Waals surface area contributed by atoms with Gasteiger partial charge < -0.3 is 20.4 Å². The van der Waals surface area contributed by atoms with Crippen LogP contribution in [0.25, 0.3) is 0 Å². The third-order valence-corrected chi connectivity index (χ3v) is 3.65. The number of rotatable bonds is 2. The first-order chi connectivity index (χ1) is 8.97. The Hall–Kier alpha value is -1.75. The number of amides is 1. The zero-order valence-electron chi connectivity index (χ0n) is 11.3. The maximum absolute atomic E-state index is 12.1.